The zero-order valence-corrected chi connectivity index (χ0v) is 20.0. The van der Waals surface area contributed by atoms with Crippen molar-refractivity contribution in [2.45, 2.75) is 24.8 Å². The Balaban J connectivity index is 1.40. The molecule has 0 spiro atoms. The van der Waals surface area contributed by atoms with E-state index in [9.17, 15) is 4.79 Å². The van der Waals surface area contributed by atoms with Crippen molar-refractivity contribution >= 4 is 33.3 Å². The quantitative estimate of drug-likeness (QED) is 0.342. The number of methoxy groups -OCH3 is 1. The molecule has 0 unspecified atom stereocenters. The summed E-state index contributed by atoms with van der Waals surface area (Å²) in [4.78, 5) is 21.3. The van der Waals surface area contributed by atoms with E-state index in [4.69, 9.17) is 9.72 Å². The molecule has 5 rings (SSSR count). The SMILES string of the molecule is COc1ccc(-c2cc3nc(CSc4nncn4-c4ccc(C)cc4C)[nH]c(=O)c3s2)cc1. The predicted octanol–water partition coefficient (Wildman–Crippen LogP) is 5.15. The third kappa shape index (κ3) is 4.29. The first kappa shape index (κ1) is 21.4. The van der Waals surface area contributed by atoms with Crippen molar-refractivity contribution < 1.29 is 4.74 Å². The van der Waals surface area contributed by atoms with Gasteiger partial charge in [0.1, 0.15) is 22.6 Å². The van der Waals surface area contributed by atoms with E-state index in [1.165, 1.54) is 28.7 Å². The average Bonchev–Trinajstić information content (AvgIpc) is 3.45. The number of ether oxygens (including phenoxy) is 1. The Hall–Kier alpha value is -3.43. The lowest BCUT2D eigenvalue weighted by molar-refractivity contribution is 0.415. The summed E-state index contributed by atoms with van der Waals surface area (Å²) in [6.45, 7) is 4.14. The Kier molecular flexibility index (Phi) is 5.74. The molecule has 166 valence electrons. The van der Waals surface area contributed by atoms with Crippen molar-refractivity contribution in [2.75, 3.05) is 7.11 Å². The number of aryl methyl sites for hydroxylation is 2. The highest BCUT2D eigenvalue weighted by atomic mass is 32.2. The second-order valence-electron chi connectivity index (χ2n) is 7.63. The van der Waals surface area contributed by atoms with Crippen molar-refractivity contribution in [3.05, 3.63) is 82.2 Å². The molecule has 0 atom stereocenters. The number of H-pyrrole nitrogens is 1. The third-order valence-corrected chi connectivity index (χ3v) is 7.40. The van der Waals surface area contributed by atoms with E-state index >= 15 is 0 Å². The van der Waals surface area contributed by atoms with E-state index < -0.39 is 0 Å². The molecule has 0 saturated heterocycles. The van der Waals surface area contributed by atoms with Crippen LogP contribution in [0, 0.1) is 13.8 Å². The van der Waals surface area contributed by atoms with Crippen molar-refractivity contribution in [2.24, 2.45) is 0 Å². The molecular weight excluding hydrogens is 454 g/mol. The van der Waals surface area contributed by atoms with Crippen LogP contribution in [0.5, 0.6) is 5.75 Å². The fourth-order valence-electron chi connectivity index (χ4n) is 3.65. The Labute approximate surface area is 198 Å². The third-order valence-electron chi connectivity index (χ3n) is 5.27. The lowest BCUT2D eigenvalue weighted by Crippen LogP contribution is -2.09. The van der Waals surface area contributed by atoms with Gasteiger partial charge in [-0.05, 0) is 61.4 Å². The molecule has 0 saturated carbocycles. The van der Waals surface area contributed by atoms with Gasteiger partial charge in [-0.2, -0.15) is 0 Å². The molecule has 0 aliphatic heterocycles. The predicted molar refractivity (Wildman–Crippen MR) is 133 cm³/mol. The van der Waals surface area contributed by atoms with Crippen molar-refractivity contribution in [3.8, 4) is 21.9 Å². The van der Waals surface area contributed by atoms with Crippen LogP contribution < -0.4 is 10.3 Å². The Morgan fingerprint density at radius 2 is 1.94 bits per heavy atom. The summed E-state index contributed by atoms with van der Waals surface area (Å²) in [5, 5.41) is 9.09. The van der Waals surface area contributed by atoms with Crippen LogP contribution in [0.2, 0.25) is 0 Å². The van der Waals surface area contributed by atoms with Crippen LogP contribution in [0.4, 0.5) is 0 Å². The van der Waals surface area contributed by atoms with Crippen LogP contribution in [-0.4, -0.2) is 31.8 Å². The molecule has 2 aromatic carbocycles. The lowest BCUT2D eigenvalue weighted by atomic mass is 10.1. The molecule has 0 bridgehead atoms. The number of hydrogen-bond donors (Lipinski definition) is 1. The first-order chi connectivity index (χ1) is 16.0. The summed E-state index contributed by atoms with van der Waals surface area (Å²) in [5.74, 6) is 1.87. The minimum atomic E-state index is -0.129. The summed E-state index contributed by atoms with van der Waals surface area (Å²) in [5.41, 5.74) is 4.98. The Bertz CT molecular complexity index is 1500. The molecule has 0 radical (unpaired) electrons. The van der Waals surface area contributed by atoms with Gasteiger partial charge in [0.25, 0.3) is 5.56 Å². The number of aromatic nitrogens is 5. The molecule has 7 nitrogen and oxygen atoms in total. The number of nitrogens with zero attached hydrogens (tertiary/aromatic N) is 4. The zero-order chi connectivity index (χ0) is 22.9. The summed E-state index contributed by atoms with van der Waals surface area (Å²) in [7, 11) is 1.64. The second kappa shape index (κ2) is 8.84. The maximum Gasteiger partial charge on any atom is 0.268 e. The van der Waals surface area contributed by atoms with Crippen LogP contribution in [0.15, 0.2) is 64.8 Å². The number of thiophene rings is 1. The maximum absolute atomic E-state index is 12.7. The standard InChI is InChI=1S/C24H21N5O2S2/c1-14-4-9-19(15(2)10-14)29-13-25-28-24(29)32-12-21-26-18-11-20(33-22(18)23(30)27-21)16-5-7-17(31-3)8-6-16/h4-11,13H,12H2,1-3H3,(H,26,27,30). The fraction of sp³-hybridized carbons (Fsp3) is 0.167. The van der Waals surface area contributed by atoms with Gasteiger partial charge in [-0.1, -0.05) is 29.5 Å². The van der Waals surface area contributed by atoms with Crippen molar-refractivity contribution in [1.82, 2.24) is 24.7 Å². The number of rotatable bonds is 6. The summed E-state index contributed by atoms with van der Waals surface area (Å²) in [6.07, 6.45) is 1.71. The number of nitrogens with one attached hydrogen (secondary N) is 1. The highest BCUT2D eigenvalue weighted by Crippen LogP contribution is 2.32. The zero-order valence-electron chi connectivity index (χ0n) is 18.3. The number of benzene rings is 2. The van der Waals surface area contributed by atoms with E-state index in [-0.39, 0.29) is 5.56 Å². The highest BCUT2D eigenvalue weighted by Gasteiger charge is 2.13. The van der Waals surface area contributed by atoms with Crippen molar-refractivity contribution in [1.29, 1.82) is 0 Å². The van der Waals surface area contributed by atoms with E-state index in [0.29, 0.717) is 21.8 Å². The van der Waals surface area contributed by atoms with E-state index in [1.54, 1.807) is 13.4 Å². The summed E-state index contributed by atoms with van der Waals surface area (Å²) < 4.78 is 7.81. The van der Waals surface area contributed by atoms with Gasteiger partial charge in [0.15, 0.2) is 5.16 Å². The summed E-state index contributed by atoms with van der Waals surface area (Å²) >= 11 is 2.92. The van der Waals surface area contributed by atoms with Crippen molar-refractivity contribution in [3.63, 3.8) is 0 Å². The van der Waals surface area contributed by atoms with Gasteiger partial charge in [-0.15, -0.1) is 21.5 Å². The van der Waals surface area contributed by atoms with Crippen LogP contribution in [-0.2, 0) is 5.75 Å². The van der Waals surface area contributed by atoms with Crippen LogP contribution in [0.1, 0.15) is 17.0 Å². The largest absolute Gasteiger partial charge is 0.497 e. The molecule has 5 aromatic rings. The van der Waals surface area contributed by atoms with Crippen LogP contribution in [0.3, 0.4) is 0 Å². The smallest absolute Gasteiger partial charge is 0.268 e. The summed E-state index contributed by atoms with van der Waals surface area (Å²) in [6, 6.07) is 16.0. The Morgan fingerprint density at radius 1 is 1.12 bits per heavy atom. The van der Waals surface area contributed by atoms with Gasteiger partial charge in [-0.3, -0.25) is 9.36 Å². The van der Waals surface area contributed by atoms with E-state index in [0.717, 1.165) is 32.6 Å². The maximum atomic E-state index is 12.7. The molecule has 1 N–H and O–H groups in total. The van der Waals surface area contributed by atoms with Gasteiger partial charge >= 0.3 is 0 Å². The molecule has 9 heteroatoms. The van der Waals surface area contributed by atoms with Gasteiger partial charge in [0.2, 0.25) is 0 Å². The van der Waals surface area contributed by atoms with Gasteiger partial charge in [-0.25, -0.2) is 4.98 Å². The molecular formula is C24H21N5O2S2. The van der Waals surface area contributed by atoms with E-state index in [2.05, 4.69) is 47.2 Å². The van der Waals surface area contributed by atoms with E-state index in [1.807, 2.05) is 34.9 Å². The molecule has 3 aromatic heterocycles. The first-order valence-corrected chi connectivity index (χ1v) is 12.1. The number of fused-ring (bicyclic) bond motifs is 1. The minimum absolute atomic E-state index is 0.129. The molecule has 0 aliphatic rings. The van der Waals surface area contributed by atoms with Gasteiger partial charge in [0, 0.05) is 4.88 Å². The normalized spacial score (nSPS) is 11.2. The molecule has 0 fully saturated rings. The minimum Gasteiger partial charge on any atom is -0.497 e. The van der Waals surface area contributed by atoms with Gasteiger partial charge < -0.3 is 9.72 Å². The highest BCUT2D eigenvalue weighted by molar-refractivity contribution is 7.98. The first-order valence-electron chi connectivity index (χ1n) is 10.3. The van der Waals surface area contributed by atoms with Crippen LogP contribution in [0.25, 0.3) is 26.3 Å². The second-order valence-corrected chi connectivity index (χ2v) is 9.62. The van der Waals surface area contributed by atoms with Gasteiger partial charge in [0.05, 0.1) is 24.1 Å². The number of hydrogen-bond acceptors (Lipinski definition) is 7. The molecule has 3 heterocycles. The number of aromatic amines is 1. The lowest BCUT2D eigenvalue weighted by Gasteiger charge is -2.10. The average molecular weight is 476 g/mol. The number of thioether (sulfide) groups is 1. The monoisotopic (exact) mass is 475 g/mol. The molecule has 0 aliphatic carbocycles. The topological polar surface area (TPSA) is 85.7 Å². The molecule has 0 amide bonds. The fourth-order valence-corrected chi connectivity index (χ4v) is 5.44. The molecule has 33 heavy (non-hydrogen) atoms. The Morgan fingerprint density at radius 3 is 2.70 bits per heavy atom. The van der Waals surface area contributed by atoms with Crippen LogP contribution >= 0.6 is 23.1 Å².